The zero-order valence-corrected chi connectivity index (χ0v) is 15.6. The van der Waals surface area contributed by atoms with Crippen molar-refractivity contribution in [3.8, 4) is 0 Å². The summed E-state index contributed by atoms with van der Waals surface area (Å²) in [6.45, 7) is 5.64. The molecule has 2 nitrogen and oxygen atoms in total. The van der Waals surface area contributed by atoms with Crippen LogP contribution in [-0.2, 0) is 19.3 Å². The molecular formula is C23H28N2. The summed E-state index contributed by atoms with van der Waals surface area (Å²) in [5.74, 6) is 0. The van der Waals surface area contributed by atoms with Crippen molar-refractivity contribution in [2.45, 2.75) is 45.6 Å². The molecule has 1 N–H and O–H groups in total. The molecule has 1 aliphatic rings. The Morgan fingerprint density at radius 1 is 1.08 bits per heavy atom. The number of fused-ring (bicyclic) bond motifs is 3. The van der Waals surface area contributed by atoms with E-state index < -0.39 is 0 Å². The summed E-state index contributed by atoms with van der Waals surface area (Å²) in [5, 5.41) is 1.40. The van der Waals surface area contributed by atoms with Crippen LogP contribution in [0.15, 0.2) is 42.5 Å². The van der Waals surface area contributed by atoms with Crippen LogP contribution in [0.1, 0.15) is 54.3 Å². The van der Waals surface area contributed by atoms with E-state index in [0.29, 0.717) is 6.04 Å². The molecule has 0 aliphatic carbocycles. The smallest absolute Gasteiger partial charge is 0.0755 e. The van der Waals surface area contributed by atoms with Gasteiger partial charge in [0.2, 0.25) is 0 Å². The fourth-order valence-corrected chi connectivity index (χ4v) is 4.45. The van der Waals surface area contributed by atoms with E-state index in [0.717, 1.165) is 19.4 Å². The quantitative estimate of drug-likeness (QED) is 0.690. The van der Waals surface area contributed by atoms with Crippen molar-refractivity contribution in [3.63, 3.8) is 0 Å². The average Bonchev–Trinajstić information content (AvgIpc) is 3.00. The van der Waals surface area contributed by atoms with E-state index >= 15 is 0 Å². The van der Waals surface area contributed by atoms with Crippen molar-refractivity contribution in [3.05, 3.63) is 70.4 Å². The molecule has 1 aromatic heterocycles. The first kappa shape index (κ1) is 16.4. The topological polar surface area (TPSA) is 19.0 Å². The van der Waals surface area contributed by atoms with Crippen molar-refractivity contribution < 1.29 is 0 Å². The molecule has 0 spiro atoms. The van der Waals surface area contributed by atoms with Gasteiger partial charge in [0.1, 0.15) is 0 Å². The van der Waals surface area contributed by atoms with Gasteiger partial charge in [0.15, 0.2) is 0 Å². The van der Waals surface area contributed by atoms with Crippen LogP contribution in [0.4, 0.5) is 0 Å². The van der Waals surface area contributed by atoms with Gasteiger partial charge < -0.3 is 4.98 Å². The van der Waals surface area contributed by atoms with Crippen LogP contribution >= 0.6 is 0 Å². The Morgan fingerprint density at radius 2 is 1.92 bits per heavy atom. The van der Waals surface area contributed by atoms with Gasteiger partial charge in [-0.15, -0.1) is 0 Å². The highest BCUT2D eigenvalue weighted by Crippen LogP contribution is 2.38. The normalized spacial score (nSPS) is 17.8. The number of aromatic nitrogens is 1. The molecule has 25 heavy (non-hydrogen) atoms. The second-order valence-electron chi connectivity index (χ2n) is 7.33. The van der Waals surface area contributed by atoms with Crippen LogP contribution in [-0.4, -0.2) is 23.5 Å². The van der Waals surface area contributed by atoms with Gasteiger partial charge >= 0.3 is 0 Å². The molecule has 1 aliphatic heterocycles. The lowest BCUT2D eigenvalue weighted by atomic mass is 9.90. The minimum atomic E-state index is 0.331. The fraction of sp³-hybridized carbons (Fsp3) is 0.391. The lowest BCUT2D eigenvalue weighted by molar-refractivity contribution is 0.261. The summed E-state index contributed by atoms with van der Waals surface area (Å²) in [6, 6.07) is 16.2. The average molecular weight is 332 g/mol. The zero-order chi connectivity index (χ0) is 17.4. The summed E-state index contributed by atoms with van der Waals surface area (Å²) < 4.78 is 0. The molecule has 2 heterocycles. The number of hydrogen-bond acceptors (Lipinski definition) is 1. The Balaban J connectivity index is 1.84. The van der Waals surface area contributed by atoms with E-state index in [9.17, 15) is 0 Å². The summed E-state index contributed by atoms with van der Waals surface area (Å²) in [4.78, 5) is 6.23. The number of hydrogen-bond donors (Lipinski definition) is 1. The van der Waals surface area contributed by atoms with E-state index in [2.05, 4.69) is 73.2 Å². The lowest BCUT2D eigenvalue weighted by Crippen LogP contribution is -2.32. The first-order valence-corrected chi connectivity index (χ1v) is 9.64. The van der Waals surface area contributed by atoms with E-state index in [1.54, 1.807) is 0 Å². The molecule has 2 aromatic carbocycles. The third kappa shape index (κ3) is 2.79. The summed E-state index contributed by atoms with van der Waals surface area (Å²) in [7, 11) is 2.26. The van der Waals surface area contributed by atoms with E-state index in [-0.39, 0.29) is 0 Å². The summed E-state index contributed by atoms with van der Waals surface area (Å²) in [5.41, 5.74) is 8.62. The van der Waals surface area contributed by atoms with Crippen LogP contribution in [0, 0.1) is 0 Å². The molecule has 2 heteroatoms. The second kappa shape index (κ2) is 6.68. The van der Waals surface area contributed by atoms with Crippen LogP contribution in [0.5, 0.6) is 0 Å². The highest BCUT2D eigenvalue weighted by Gasteiger charge is 2.29. The van der Waals surface area contributed by atoms with Crippen molar-refractivity contribution in [2.75, 3.05) is 13.6 Å². The molecule has 1 atom stereocenters. The van der Waals surface area contributed by atoms with Crippen molar-refractivity contribution in [1.82, 2.24) is 9.88 Å². The molecule has 0 amide bonds. The minimum Gasteiger partial charge on any atom is -0.357 e. The Bertz CT molecular complexity index is 890. The third-order valence-electron chi connectivity index (χ3n) is 5.72. The van der Waals surface area contributed by atoms with Gasteiger partial charge in [-0.1, -0.05) is 56.7 Å². The molecule has 0 saturated heterocycles. The van der Waals surface area contributed by atoms with E-state index in [1.807, 2.05) is 0 Å². The number of aryl methyl sites for hydroxylation is 2. The van der Waals surface area contributed by atoms with Gasteiger partial charge in [-0.05, 0) is 54.6 Å². The lowest BCUT2D eigenvalue weighted by Gasteiger charge is -2.33. The fourth-order valence-electron chi connectivity index (χ4n) is 4.45. The third-order valence-corrected chi connectivity index (χ3v) is 5.72. The molecule has 0 fully saturated rings. The highest BCUT2D eigenvalue weighted by atomic mass is 15.1. The second-order valence-corrected chi connectivity index (χ2v) is 7.33. The monoisotopic (exact) mass is 332 g/mol. The molecule has 3 aromatic rings. The van der Waals surface area contributed by atoms with Crippen LogP contribution in [0.2, 0.25) is 0 Å². The SMILES string of the molecule is CCCc1cc(C2c3[nH]c4ccccc4c3CCN2C)ccc1CC. The Labute approximate surface area is 150 Å². The molecule has 1 unspecified atom stereocenters. The Kier molecular flexibility index (Phi) is 4.39. The maximum absolute atomic E-state index is 3.73. The number of aromatic amines is 1. The highest BCUT2D eigenvalue weighted by molar-refractivity contribution is 5.85. The first-order valence-electron chi connectivity index (χ1n) is 9.64. The molecule has 130 valence electrons. The molecule has 0 saturated carbocycles. The largest absolute Gasteiger partial charge is 0.357 e. The van der Waals surface area contributed by atoms with Crippen molar-refractivity contribution in [2.24, 2.45) is 0 Å². The van der Waals surface area contributed by atoms with Crippen LogP contribution in [0.3, 0.4) is 0 Å². The van der Waals surface area contributed by atoms with Crippen LogP contribution < -0.4 is 0 Å². The van der Waals surface area contributed by atoms with Gasteiger partial charge in [0.25, 0.3) is 0 Å². The van der Waals surface area contributed by atoms with Crippen molar-refractivity contribution >= 4 is 10.9 Å². The van der Waals surface area contributed by atoms with Crippen molar-refractivity contribution in [1.29, 1.82) is 0 Å². The predicted octanol–water partition coefficient (Wildman–Crippen LogP) is 5.26. The molecule has 0 radical (unpaired) electrons. The maximum atomic E-state index is 3.73. The Morgan fingerprint density at radius 3 is 2.72 bits per heavy atom. The molecule has 4 rings (SSSR count). The standard InChI is InChI=1S/C23H28N2/c1-4-8-17-15-18(12-11-16(17)5-2)23-22-20(13-14-25(23)3)19-9-6-7-10-21(19)24-22/h6-7,9-12,15,23-24H,4-5,8,13-14H2,1-3H3. The van der Waals surface area contributed by atoms with Gasteiger partial charge in [0, 0.05) is 23.1 Å². The number of nitrogens with zero attached hydrogens (tertiary/aromatic N) is 1. The van der Waals surface area contributed by atoms with E-state index in [1.165, 1.54) is 51.7 Å². The van der Waals surface area contributed by atoms with Gasteiger partial charge in [-0.3, -0.25) is 4.90 Å². The number of rotatable bonds is 4. The maximum Gasteiger partial charge on any atom is 0.0755 e. The predicted molar refractivity (Wildman–Crippen MR) is 106 cm³/mol. The van der Waals surface area contributed by atoms with Gasteiger partial charge in [-0.25, -0.2) is 0 Å². The Hall–Kier alpha value is -2.06. The number of likely N-dealkylation sites (N-methyl/N-ethyl adjacent to an activating group) is 1. The zero-order valence-electron chi connectivity index (χ0n) is 15.6. The van der Waals surface area contributed by atoms with Crippen LogP contribution in [0.25, 0.3) is 10.9 Å². The summed E-state index contributed by atoms with van der Waals surface area (Å²) in [6.07, 6.45) is 4.62. The molecular weight excluding hydrogens is 304 g/mol. The number of H-pyrrole nitrogens is 1. The first-order chi connectivity index (χ1) is 12.2. The minimum absolute atomic E-state index is 0.331. The van der Waals surface area contributed by atoms with Gasteiger partial charge in [-0.2, -0.15) is 0 Å². The van der Waals surface area contributed by atoms with E-state index in [4.69, 9.17) is 0 Å². The number of benzene rings is 2. The number of nitrogens with one attached hydrogen (secondary N) is 1. The number of para-hydroxylation sites is 1. The molecule has 0 bridgehead atoms. The summed E-state index contributed by atoms with van der Waals surface area (Å²) >= 11 is 0. The van der Waals surface area contributed by atoms with Gasteiger partial charge in [0.05, 0.1) is 6.04 Å².